The van der Waals surface area contributed by atoms with E-state index >= 15 is 0 Å². The summed E-state index contributed by atoms with van der Waals surface area (Å²) in [5.41, 5.74) is -0.0498. The predicted octanol–water partition coefficient (Wildman–Crippen LogP) is 6.09. The van der Waals surface area contributed by atoms with Crippen molar-refractivity contribution in [2.75, 3.05) is 65.7 Å². The fraction of sp³-hybridized carbons (Fsp3) is 0.633. The van der Waals surface area contributed by atoms with Crippen molar-refractivity contribution in [2.45, 2.75) is 118 Å². The van der Waals surface area contributed by atoms with E-state index in [0.29, 0.717) is 30.1 Å². The zero-order valence-electron chi connectivity index (χ0n) is 42.4. The normalized spacial score (nSPS) is 14.4. The molecule has 1 heterocycles. The summed E-state index contributed by atoms with van der Waals surface area (Å²) in [6, 6.07) is 3.38. The number of ether oxygens (including phenoxy) is 3. The first-order valence-corrected chi connectivity index (χ1v) is 25.5. The Labute approximate surface area is 416 Å². The van der Waals surface area contributed by atoms with Crippen molar-refractivity contribution in [1.29, 1.82) is 0 Å². The summed E-state index contributed by atoms with van der Waals surface area (Å²) < 4.78 is 16.7. The maximum atomic E-state index is 14.3. The number of hydrogen-bond donors (Lipinski definition) is 5. The van der Waals surface area contributed by atoms with E-state index in [-0.39, 0.29) is 98.5 Å². The van der Waals surface area contributed by atoms with Gasteiger partial charge in [-0.2, -0.15) is 0 Å². The number of phenolic OH excluding ortho intramolecular Hbond substituents is 1. The number of likely N-dealkylation sites (N-methyl/N-ethyl adjacent to an activating group) is 1. The number of Topliss-reactive ketones (excluding diaryl/α,β-unsaturated/α-hetero) is 1. The molecular weight excluding hydrogens is 929 g/mol. The Morgan fingerprint density at radius 3 is 2.23 bits per heavy atom. The molecule has 1 unspecified atom stereocenters. The molecule has 2 rings (SSSR count). The highest BCUT2D eigenvalue weighted by Gasteiger charge is 2.39. The lowest BCUT2D eigenvalue weighted by atomic mass is 9.81. The molecule has 386 valence electrons. The lowest BCUT2D eigenvalue weighted by molar-refractivity contribution is -0.150. The highest BCUT2D eigenvalue weighted by molar-refractivity contribution is 8.01. The average Bonchev–Trinajstić information content (AvgIpc) is 3.79. The van der Waals surface area contributed by atoms with Crippen LogP contribution in [0.2, 0.25) is 0 Å². The standard InChI is InChI=1S/C49H76N6O12S2/c1-13-31(4)36(27-42(58)49(7,8)54(9)10)47(62)55(11)39(30(2)3)28-41(67-33(6)56)46-53-38(29-69-46)45(61)51-35(24-32(5)48(63)64)25-34-14-15-40(57)37(26-34)52-44(60)16-19-65-21-22-66-20-18-50-43(59)17-23-68-12/h14-15,17,23,26,29-32,35-36,39,41,57H,13,16,18-22,24-25,27-28H2,1-12H3,(H,50,59)(H,51,61)(H,52,60)(H,63,64)/b23-17+/t31-,32?,35+,36-,39+,41+/m0/s1. The molecule has 0 aliphatic carbocycles. The van der Waals surface area contributed by atoms with Gasteiger partial charge in [-0.05, 0) is 82.0 Å². The number of aromatic nitrogens is 1. The van der Waals surface area contributed by atoms with Crippen LogP contribution >= 0.6 is 23.1 Å². The minimum atomic E-state index is -1.06. The second-order valence-corrected chi connectivity index (χ2v) is 19.9. The Morgan fingerprint density at radius 1 is 0.971 bits per heavy atom. The zero-order chi connectivity index (χ0) is 52.0. The summed E-state index contributed by atoms with van der Waals surface area (Å²) >= 11 is 2.53. The Balaban J connectivity index is 2.20. The Kier molecular flexibility index (Phi) is 26.2. The van der Waals surface area contributed by atoms with E-state index in [2.05, 4.69) is 20.9 Å². The van der Waals surface area contributed by atoms with Gasteiger partial charge in [-0.1, -0.05) is 47.1 Å². The summed E-state index contributed by atoms with van der Waals surface area (Å²) in [5.74, 6) is -4.92. The summed E-state index contributed by atoms with van der Waals surface area (Å²) in [5, 5.41) is 32.2. The molecule has 0 saturated carbocycles. The number of phenols is 1. The summed E-state index contributed by atoms with van der Waals surface area (Å²) in [4.78, 5) is 98.6. The number of carbonyl (C=O) groups is 7. The number of hydrogen-bond acceptors (Lipinski definition) is 15. The van der Waals surface area contributed by atoms with Gasteiger partial charge in [0.15, 0.2) is 11.9 Å². The number of carbonyl (C=O) groups excluding carboxylic acids is 6. The number of rotatable bonds is 32. The van der Waals surface area contributed by atoms with Crippen molar-refractivity contribution >= 4 is 70.1 Å². The number of carboxylic acids is 1. The molecule has 18 nitrogen and oxygen atoms in total. The van der Waals surface area contributed by atoms with Gasteiger partial charge in [0.05, 0.1) is 50.0 Å². The van der Waals surface area contributed by atoms with E-state index in [0.717, 1.165) is 11.3 Å². The first-order chi connectivity index (χ1) is 32.4. The second kappa shape index (κ2) is 30.0. The third kappa shape index (κ3) is 20.5. The molecule has 0 saturated heterocycles. The number of benzene rings is 1. The monoisotopic (exact) mass is 1000 g/mol. The summed E-state index contributed by atoms with van der Waals surface area (Å²) in [6.07, 6.45) is 3.43. The van der Waals surface area contributed by atoms with Crippen LogP contribution in [0.5, 0.6) is 5.75 Å². The van der Waals surface area contributed by atoms with Crippen LogP contribution in [-0.2, 0) is 49.4 Å². The Bertz CT molecular complexity index is 2040. The minimum absolute atomic E-state index is 0.0141. The van der Waals surface area contributed by atoms with E-state index in [1.165, 1.54) is 43.1 Å². The van der Waals surface area contributed by atoms with Crippen molar-refractivity contribution in [3.63, 3.8) is 0 Å². The van der Waals surface area contributed by atoms with Gasteiger partial charge in [-0.25, -0.2) is 4.98 Å². The van der Waals surface area contributed by atoms with Crippen LogP contribution < -0.4 is 16.0 Å². The fourth-order valence-electron chi connectivity index (χ4n) is 7.19. The predicted molar refractivity (Wildman–Crippen MR) is 268 cm³/mol. The topological polar surface area (TPSA) is 243 Å². The van der Waals surface area contributed by atoms with Crippen LogP contribution in [0.3, 0.4) is 0 Å². The van der Waals surface area contributed by atoms with Crippen molar-refractivity contribution in [2.24, 2.45) is 23.7 Å². The van der Waals surface area contributed by atoms with Crippen molar-refractivity contribution in [3.05, 3.63) is 51.3 Å². The van der Waals surface area contributed by atoms with Gasteiger partial charge in [-0.15, -0.1) is 23.1 Å². The molecule has 69 heavy (non-hydrogen) atoms. The van der Waals surface area contributed by atoms with Crippen LogP contribution in [0.15, 0.2) is 35.1 Å². The zero-order valence-corrected chi connectivity index (χ0v) is 44.1. The van der Waals surface area contributed by atoms with Gasteiger partial charge >= 0.3 is 11.9 Å². The first-order valence-electron chi connectivity index (χ1n) is 23.3. The number of amides is 4. The van der Waals surface area contributed by atoms with Crippen molar-refractivity contribution in [1.82, 2.24) is 25.4 Å². The quantitative estimate of drug-likeness (QED) is 0.0241. The van der Waals surface area contributed by atoms with Gasteiger partial charge < -0.3 is 45.3 Å². The van der Waals surface area contributed by atoms with E-state index in [1.807, 2.05) is 66.8 Å². The average molecular weight is 1010 g/mol. The van der Waals surface area contributed by atoms with Gasteiger partial charge in [0, 0.05) is 62.8 Å². The van der Waals surface area contributed by atoms with Crippen LogP contribution in [0.4, 0.5) is 5.69 Å². The van der Waals surface area contributed by atoms with Gasteiger partial charge in [0.1, 0.15) is 16.5 Å². The van der Waals surface area contributed by atoms with Crippen LogP contribution in [0, 0.1) is 23.7 Å². The number of esters is 1. The lowest BCUT2D eigenvalue weighted by Crippen LogP contribution is -2.50. The number of anilines is 1. The summed E-state index contributed by atoms with van der Waals surface area (Å²) in [7, 11) is 5.37. The molecule has 1 aromatic heterocycles. The molecule has 0 aliphatic rings. The van der Waals surface area contributed by atoms with Gasteiger partial charge in [0.25, 0.3) is 5.91 Å². The number of nitrogens with one attached hydrogen (secondary N) is 3. The smallest absolute Gasteiger partial charge is 0.306 e. The minimum Gasteiger partial charge on any atom is -0.506 e. The number of ketones is 1. The molecular formula is C49H76N6O12S2. The SMILES string of the molecule is CC[C@H](C)[C@H](CC(=O)C(C)(C)N(C)C)C(=O)N(C)[C@H](C[C@@H](OC(C)=O)c1nc(C(=O)N[C@@H](Cc2ccc(O)c(NC(=O)CCOCCOCCNC(=O)/C=C/SC)c2)CC(C)C(=O)O)cs1)C(C)C. The highest BCUT2D eigenvalue weighted by atomic mass is 32.2. The van der Waals surface area contributed by atoms with E-state index in [1.54, 1.807) is 29.5 Å². The number of aliphatic carboxylic acids is 1. The molecule has 2 aromatic rings. The number of carboxylic acid groups (broad SMARTS) is 1. The summed E-state index contributed by atoms with van der Waals surface area (Å²) in [6.45, 7) is 15.6. The van der Waals surface area contributed by atoms with Crippen LogP contribution in [0.1, 0.15) is 115 Å². The highest BCUT2D eigenvalue weighted by Crippen LogP contribution is 2.33. The van der Waals surface area contributed by atoms with E-state index < -0.39 is 59.3 Å². The number of aromatic hydroxyl groups is 1. The number of thiazole rings is 1. The number of thioether (sulfide) groups is 1. The Hall–Kier alpha value is -4.89. The molecule has 1 aromatic carbocycles. The molecule has 0 radical (unpaired) electrons. The second-order valence-electron chi connectivity index (χ2n) is 18.3. The molecule has 4 amide bonds. The van der Waals surface area contributed by atoms with E-state index in [4.69, 9.17) is 14.2 Å². The van der Waals surface area contributed by atoms with Crippen LogP contribution in [0.25, 0.3) is 0 Å². The van der Waals surface area contributed by atoms with Crippen LogP contribution in [-0.4, -0.2) is 144 Å². The maximum absolute atomic E-state index is 14.3. The third-order valence-electron chi connectivity index (χ3n) is 12.2. The first kappa shape index (κ1) is 60.2. The largest absolute Gasteiger partial charge is 0.506 e. The molecule has 20 heteroatoms. The van der Waals surface area contributed by atoms with Crippen molar-refractivity contribution in [3.8, 4) is 5.75 Å². The maximum Gasteiger partial charge on any atom is 0.306 e. The van der Waals surface area contributed by atoms with Gasteiger partial charge in [-0.3, -0.25) is 38.5 Å². The lowest BCUT2D eigenvalue weighted by Gasteiger charge is -2.38. The fourth-order valence-corrected chi connectivity index (χ4v) is 8.29. The molecule has 0 aliphatic heterocycles. The Morgan fingerprint density at radius 2 is 1.64 bits per heavy atom. The van der Waals surface area contributed by atoms with E-state index in [9.17, 15) is 43.8 Å². The molecule has 0 bridgehead atoms. The molecule has 5 N–H and O–H groups in total. The number of nitrogens with zero attached hydrogens (tertiary/aromatic N) is 3. The van der Waals surface area contributed by atoms with Gasteiger partial charge in [0.2, 0.25) is 17.7 Å². The molecule has 6 atom stereocenters. The molecule has 0 spiro atoms. The van der Waals surface area contributed by atoms with Crippen molar-refractivity contribution < 1.29 is 58.0 Å². The third-order valence-corrected chi connectivity index (χ3v) is 13.6. The molecule has 0 fully saturated rings.